The molecule has 0 heterocycles. The van der Waals surface area contributed by atoms with Gasteiger partial charge < -0.3 is 15.0 Å². The fourth-order valence-electron chi connectivity index (χ4n) is 3.78. The topological polar surface area (TPSA) is 96.0 Å². The summed E-state index contributed by atoms with van der Waals surface area (Å²) in [5, 5.41) is 3.16. The van der Waals surface area contributed by atoms with Crippen LogP contribution in [0.25, 0.3) is 0 Å². The minimum absolute atomic E-state index is 0.00701. The molecule has 0 aliphatic heterocycles. The second kappa shape index (κ2) is 13.5. The Morgan fingerprint density at radius 2 is 1.59 bits per heavy atom. The SMILES string of the molecule is CCOc1ccc(N(CC(=O)N(Cc2c(Cl)cccc2Cl)[C@H](C)C(=O)NC)S(=O)(=O)c2ccc(Br)cc2)cc1. The first kappa shape index (κ1) is 30.7. The Hall–Kier alpha value is -2.79. The Kier molecular flexibility index (Phi) is 10.7. The van der Waals surface area contributed by atoms with Crippen LogP contribution < -0.4 is 14.4 Å². The van der Waals surface area contributed by atoms with Gasteiger partial charge in [-0.1, -0.05) is 45.2 Å². The zero-order valence-electron chi connectivity index (χ0n) is 21.5. The molecule has 0 radical (unpaired) electrons. The lowest BCUT2D eigenvalue weighted by Crippen LogP contribution is -2.50. The van der Waals surface area contributed by atoms with Gasteiger partial charge in [0, 0.05) is 33.7 Å². The van der Waals surface area contributed by atoms with Gasteiger partial charge in [0.25, 0.3) is 10.0 Å². The Morgan fingerprint density at radius 1 is 1.00 bits per heavy atom. The van der Waals surface area contributed by atoms with E-state index in [1.54, 1.807) is 61.5 Å². The second-order valence-corrected chi connectivity index (χ2v) is 12.0. The maximum absolute atomic E-state index is 13.8. The van der Waals surface area contributed by atoms with Gasteiger partial charge in [0.2, 0.25) is 11.8 Å². The number of nitrogens with zero attached hydrogens (tertiary/aromatic N) is 2. The number of anilines is 1. The Morgan fingerprint density at radius 3 is 2.13 bits per heavy atom. The quantitative estimate of drug-likeness (QED) is 0.294. The molecule has 12 heteroatoms. The molecule has 0 spiro atoms. The van der Waals surface area contributed by atoms with Crippen LogP contribution in [-0.4, -0.2) is 51.4 Å². The smallest absolute Gasteiger partial charge is 0.264 e. The lowest BCUT2D eigenvalue weighted by molar-refractivity contribution is -0.139. The summed E-state index contributed by atoms with van der Waals surface area (Å²) in [5.74, 6) is -0.511. The predicted octanol–water partition coefficient (Wildman–Crippen LogP) is 5.51. The third-order valence-electron chi connectivity index (χ3n) is 5.92. The van der Waals surface area contributed by atoms with E-state index in [0.29, 0.717) is 32.4 Å². The Bertz CT molecular complexity index is 1400. The Labute approximate surface area is 247 Å². The number of carbonyl (C=O) groups excluding carboxylic acids is 2. The number of ether oxygens (including phenoxy) is 1. The van der Waals surface area contributed by atoms with E-state index < -0.39 is 34.4 Å². The molecule has 0 bridgehead atoms. The van der Waals surface area contributed by atoms with Crippen LogP contribution in [0.2, 0.25) is 10.0 Å². The van der Waals surface area contributed by atoms with Crippen LogP contribution >= 0.6 is 39.1 Å². The number of sulfonamides is 1. The first-order chi connectivity index (χ1) is 18.5. The maximum atomic E-state index is 13.8. The summed E-state index contributed by atoms with van der Waals surface area (Å²) in [6.07, 6.45) is 0. The molecule has 2 amide bonds. The molecule has 0 aliphatic rings. The summed E-state index contributed by atoms with van der Waals surface area (Å²) >= 11 is 16.0. The maximum Gasteiger partial charge on any atom is 0.264 e. The average Bonchev–Trinajstić information content (AvgIpc) is 2.91. The van der Waals surface area contributed by atoms with Crippen LogP contribution in [0.15, 0.2) is 76.1 Å². The van der Waals surface area contributed by atoms with Crippen molar-refractivity contribution in [3.63, 3.8) is 0 Å². The third kappa shape index (κ3) is 7.45. The van der Waals surface area contributed by atoms with Gasteiger partial charge in [-0.05, 0) is 74.5 Å². The molecule has 0 aliphatic carbocycles. The van der Waals surface area contributed by atoms with Crippen molar-refractivity contribution < 1.29 is 22.7 Å². The van der Waals surface area contributed by atoms with E-state index in [-0.39, 0.29) is 17.1 Å². The van der Waals surface area contributed by atoms with Gasteiger partial charge >= 0.3 is 0 Å². The molecule has 0 saturated heterocycles. The predicted molar refractivity (Wildman–Crippen MR) is 157 cm³/mol. The highest BCUT2D eigenvalue weighted by Crippen LogP contribution is 2.29. The molecule has 39 heavy (non-hydrogen) atoms. The zero-order chi connectivity index (χ0) is 28.7. The minimum Gasteiger partial charge on any atom is -0.494 e. The highest BCUT2D eigenvalue weighted by Gasteiger charge is 2.33. The number of rotatable bonds is 11. The van der Waals surface area contributed by atoms with E-state index in [1.165, 1.54) is 24.1 Å². The molecule has 1 atom stereocenters. The van der Waals surface area contributed by atoms with E-state index in [9.17, 15) is 18.0 Å². The van der Waals surface area contributed by atoms with Crippen LogP contribution in [0, 0.1) is 0 Å². The van der Waals surface area contributed by atoms with Crippen LogP contribution in [0.1, 0.15) is 19.4 Å². The minimum atomic E-state index is -4.19. The normalized spacial score (nSPS) is 11.9. The van der Waals surface area contributed by atoms with Crippen LogP contribution in [0.3, 0.4) is 0 Å². The molecule has 1 N–H and O–H groups in total. The molecule has 0 saturated carbocycles. The van der Waals surface area contributed by atoms with Crippen molar-refractivity contribution in [3.05, 3.63) is 86.8 Å². The molecule has 0 unspecified atom stereocenters. The van der Waals surface area contributed by atoms with Crippen LogP contribution in [0.4, 0.5) is 5.69 Å². The van der Waals surface area contributed by atoms with Gasteiger partial charge in [0.1, 0.15) is 18.3 Å². The van der Waals surface area contributed by atoms with Crippen LogP contribution in [-0.2, 0) is 26.2 Å². The number of halogens is 3. The zero-order valence-corrected chi connectivity index (χ0v) is 25.4. The molecule has 208 valence electrons. The molecule has 8 nitrogen and oxygen atoms in total. The van der Waals surface area contributed by atoms with E-state index in [1.807, 2.05) is 6.92 Å². The first-order valence-electron chi connectivity index (χ1n) is 11.9. The lowest BCUT2D eigenvalue weighted by Gasteiger charge is -2.32. The van der Waals surface area contributed by atoms with Gasteiger partial charge in [0.05, 0.1) is 17.2 Å². The van der Waals surface area contributed by atoms with Crippen molar-refractivity contribution in [1.29, 1.82) is 0 Å². The highest BCUT2D eigenvalue weighted by atomic mass is 79.9. The van der Waals surface area contributed by atoms with Crippen LogP contribution in [0.5, 0.6) is 5.75 Å². The molecule has 3 rings (SSSR count). The van der Waals surface area contributed by atoms with Gasteiger partial charge in [-0.2, -0.15) is 0 Å². The molecular weight excluding hydrogens is 629 g/mol. The molecule has 0 aromatic heterocycles. The van der Waals surface area contributed by atoms with Crippen molar-refractivity contribution >= 4 is 66.7 Å². The number of hydrogen-bond acceptors (Lipinski definition) is 5. The standard InChI is InChI=1S/C27H28BrCl2N3O5S/c1-4-38-21-12-10-20(11-13-21)33(39(36,37)22-14-8-19(28)9-15-22)17-26(34)32(18(2)27(35)31-3)16-23-24(29)6-5-7-25(23)30/h5-15,18H,4,16-17H2,1-3H3,(H,31,35)/t18-/m1/s1. The number of carbonyl (C=O) groups is 2. The number of nitrogens with one attached hydrogen (secondary N) is 1. The van der Waals surface area contributed by atoms with E-state index >= 15 is 0 Å². The molecular formula is C27H28BrCl2N3O5S. The Balaban J connectivity index is 2.06. The highest BCUT2D eigenvalue weighted by molar-refractivity contribution is 9.10. The van der Waals surface area contributed by atoms with Crippen molar-refractivity contribution in [1.82, 2.24) is 10.2 Å². The second-order valence-electron chi connectivity index (χ2n) is 8.40. The van der Waals surface area contributed by atoms with Crippen molar-refractivity contribution in [3.8, 4) is 5.75 Å². The van der Waals surface area contributed by atoms with E-state index in [4.69, 9.17) is 27.9 Å². The number of benzene rings is 3. The summed E-state index contributed by atoms with van der Waals surface area (Å²) < 4.78 is 34.8. The summed E-state index contributed by atoms with van der Waals surface area (Å²) in [4.78, 5) is 27.7. The van der Waals surface area contributed by atoms with Crippen molar-refractivity contribution in [2.45, 2.75) is 31.3 Å². The summed E-state index contributed by atoms with van der Waals surface area (Å²) in [6, 6.07) is 16.4. The lowest BCUT2D eigenvalue weighted by atomic mass is 10.1. The average molecular weight is 657 g/mol. The fourth-order valence-corrected chi connectivity index (χ4v) is 5.98. The largest absolute Gasteiger partial charge is 0.494 e. The third-order valence-corrected chi connectivity index (χ3v) is 8.95. The monoisotopic (exact) mass is 655 g/mol. The van der Waals surface area contributed by atoms with Gasteiger partial charge in [0.15, 0.2) is 0 Å². The fraction of sp³-hybridized carbons (Fsp3) is 0.259. The molecule has 3 aromatic rings. The first-order valence-corrected chi connectivity index (χ1v) is 14.9. The van der Waals surface area contributed by atoms with Gasteiger partial charge in [-0.3, -0.25) is 13.9 Å². The van der Waals surface area contributed by atoms with Crippen molar-refractivity contribution in [2.24, 2.45) is 0 Å². The number of likely N-dealkylation sites (N-methyl/N-ethyl adjacent to an activating group) is 1. The molecule has 0 fully saturated rings. The molecule has 3 aromatic carbocycles. The van der Waals surface area contributed by atoms with Gasteiger partial charge in [-0.25, -0.2) is 8.42 Å². The summed E-state index contributed by atoms with van der Waals surface area (Å²) in [6.45, 7) is 3.13. The summed E-state index contributed by atoms with van der Waals surface area (Å²) in [5.41, 5.74) is 0.686. The van der Waals surface area contributed by atoms with Crippen molar-refractivity contribution in [2.75, 3.05) is 24.5 Å². The number of amides is 2. The number of hydrogen-bond donors (Lipinski definition) is 1. The van der Waals surface area contributed by atoms with Gasteiger partial charge in [-0.15, -0.1) is 0 Å². The summed E-state index contributed by atoms with van der Waals surface area (Å²) in [7, 11) is -2.74. The van der Waals surface area contributed by atoms with E-state index in [0.717, 1.165) is 4.31 Å². The van der Waals surface area contributed by atoms with E-state index in [2.05, 4.69) is 21.2 Å².